The molecule has 0 aromatic rings. The summed E-state index contributed by atoms with van der Waals surface area (Å²) in [6.07, 6.45) is 5.99. The van der Waals surface area contributed by atoms with E-state index in [1.807, 2.05) is 0 Å². The number of carbonyl (C=O) groups is 1. The molecule has 2 rings (SSSR count). The Balaban J connectivity index is 1.55. The van der Waals surface area contributed by atoms with Gasteiger partial charge in [0.1, 0.15) is 0 Å². The second kappa shape index (κ2) is 5.15. The van der Waals surface area contributed by atoms with Crippen molar-refractivity contribution in [2.24, 2.45) is 5.92 Å². The first-order valence-electron chi connectivity index (χ1n) is 6.27. The van der Waals surface area contributed by atoms with Crippen LogP contribution in [0.15, 0.2) is 0 Å². The molecule has 2 aliphatic carbocycles. The van der Waals surface area contributed by atoms with Crippen LogP contribution in [0, 0.1) is 5.92 Å². The van der Waals surface area contributed by atoms with Gasteiger partial charge in [-0.15, -0.1) is 0 Å². The summed E-state index contributed by atoms with van der Waals surface area (Å²) in [7, 11) is 1.73. The number of nitrogens with one attached hydrogen (secondary N) is 2. The van der Waals surface area contributed by atoms with Gasteiger partial charge in [0.05, 0.1) is 12.1 Å². The first-order valence-corrected chi connectivity index (χ1v) is 6.27. The van der Waals surface area contributed by atoms with E-state index in [2.05, 4.69) is 10.6 Å². The van der Waals surface area contributed by atoms with Crippen LogP contribution in [0.3, 0.4) is 0 Å². The van der Waals surface area contributed by atoms with E-state index in [4.69, 9.17) is 4.74 Å². The summed E-state index contributed by atoms with van der Waals surface area (Å²) in [6, 6.07) is 0. The van der Waals surface area contributed by atoms with E-state index in [9.17, 15) is 4.79 Å². The fourth-order valence-corrected chi connectivity index (χ4v) is 2.06. The molecule has 0 aromatic heterocycles. The summed E-state index contributed by atoms with van der Waals surface area (Å²) in [6.45, 7) is 2.09. The highest BCUT2D eigenvalue weighted by atomic mass is 16.5. The second-order valence-electron chi connectivity index (χ2n) is 5.09. The number of amides is 1. The number of carbonyl (C=O) groups excluding carboxylic acids is 1. The zero-order valence-electron chi connectivity index (χ0n) is 10.1. The Morgan fingerprint density at radius 3 is 2.69 bits per heavy atom. The van der Waals surface area contributed by atoms with Gasteiger partial charge in [0.25, 0.3) is 0 Å². The summed E-state index contributed by atoms with van der Waals surface area (Å²) >= 11 is 0. The lowest BCUT2D eigenvalue weighted by Gasteiger charge is -2.40. The molecule has 4 nitrogen and oxygen atoms in total. The van der Waals surface area contributed by atoms with Crippen molar-refractivity contribution in [2.45, 2.75) is 37.7 Å². The van der Waals surface area contributed by atoms with Gasteiger partial charge in [0.15, 0.2) is 0 Å². The van der Waals surface area contributed by atoms with Gasteiger partial charge < -0.3 is 15.4 Å². The van der Waals surface area contributed by atoms with Crippen LogP contribution in [0.2, 0.25) is 0 Å². The summed E-state index contributed by atoms with van der Waals surface area (Å²) in [5.74, 6) is 0.911. The van der Waals surface area contributed by atoms with E-state index < -0.39 is 0 Å². The lowest BCUT2D eigenvalue weighted by atomic mass is 9.80. The molecule has 0 heterocycles. The van der Waals surface area contributed by atoms with E-state index in [0.29, 0.717) is 13.1 Å². The maximum atomic E-state index is 11.5. The summed E-state index contributed by atoms with van der Waals surface area (Å²) in [5.41, 5.74) is -0.0633. The standard InChI is InChI=1S/C12H22N2O2/c1-16-12(5-2-6-12)9-14-11(15)8-13-7-10-3-4-10/h10,13H,2-9H2,1H3,(H,14,15). The third-order valence-corrected chi connectivity index (χ3v) is 3.72. The molecule has 2 fully saturated rings. The van der Waals surface area contributed by atoms with Crippen molar-refractivity contribution in [1.82, 2.24) is 10.6 Å². The maximum Gasteiger partial charge on any atom is 0.234 e. The molecule has 4 heteroatoms. The van der Waals surface area contributed by atoms with Crippen LogP contribution in [0.1, 0.15) is 32.1 Å². The quantitative estimate of drug-likeness (QED) is 0.671. The Bertz CT molecular complexity index is 242. The summed E-state index contributed by atoms with van der Waals surface area (Å²) in [5, 5.41) is 6.13. The molecule has 1 amide bonds. The van der Waals surface area contributed by atoms with Crippen molar-refractivity contribution in [1.29, 1.82) is 0 Å². The van der Waals surface area contributed by atoms with Gasteiger partial charge in [-0.3, -0.25) is 4.79 Å². The highest BCUT2D eigenvalue weighted by Crippen LogP contribution is 2.34. The molecule has 0 bridgehead atoms. The maximum absolute atomic E-state index is 11.5. The normalized spacial score (nSPS) is 22.6. The number of methoxy groups -OCH3 is 1. The van der Waals surface area contributed by atoms with Gasteiger partial charge in [-0.25, -0.2) is 0 Å². The fraction of sp³-hybridized carbons (Fsp3) is 0.917. The summed E-state index contributed by atoms with van der Waals surface area (Å²) in [4.78, 5) is 11.5. The first kappa shape index (κ1) is 11.9. The van der Waals surface area contributed by atoms with E-state index in [0.717, 1.165) is 25.3 Å². The van der Waals surface area contributed by atoms with Gasteiger partial charge in [0, 0.05) is 13.7 Å². The van der Waals surface area contributed by atoms with Crippen molar-refractivity contribution in [3.05, 3.63) is 0 Å². The van der Waals surface area contributed by atoms with Crippen molar-refractivity contribution in [3.8, 4) is 0 Å². The van der Waals surface area contributed by atoms with Gasteiger partial charge in [-0.2, -0.15) is 0 Å². The van der Waals surface area contributed by atoms with Crippen molar-refractivity contribution >= 4 is 5.91 Å². The fourth-order valence-electron chi connectivity index (χ4n) is 2.06. The first-order chi connectivity index (χ1) is 7.74. The average Bonchev–Trinajstić information content (AvgIpc) is 3.01. The SMILES string of the molecule is COC1(CNC(=O)CNCC2CC2)CCC1. The third kappa shape index (κ3) is 3.19. The van der Waals surface area contributed by atoms with Crippen LogP contribution in [-0.4, -0.2) is 38.3 Å². The van der Waals surface area contributed by atoms with Crippen LogP contribution in [0.25, 0.3) is 0 Å². The summed E-state index contributed by atoms with van der Waals surface area (Å²) < 4.78 is 5.44. The minimum Gasteiger partial charge on any atom is -0.376 e. The molecule has 0 atom stereocenters. The Hall–Kier alpha value is -0.610. The smallest absolute Gasteiger partial charge is 0.234 e. The van der Waals surface area contributed by atoms with Gasteiger partial charge in [0.2, 0.25) is 5.91 Å². The number of rotatable bonds is 7. The Morgan fingerprint density at radius 1 is 1.44 bits per heavy atom. The third-order valence-electron chi connectivity index (χ3n) is 3.72. The minimum atomic E-state index is -0.0633. The number of hydrogen-bond donors (Lipinski definition) is 2. The van der Waals surface area contributed by atoms with Crippen molar-refractivity contribution in [3.63, 3.8) is 0 Å². The molecule has 0 aliphatic heterocycles. The molecule has 0 aromatic carbocycles. The van der Waals surface area contributed by atoms with Crippen LogP contribution >= 0.6 is 0 Å². The van der Waals surface area contributed by atoms with E-state index in [1.165, 1.54) is 19.3 Å². The zero-order valence-corrected chi connectivity index (χ0v) is 10.1. The number of hydrogen-bond acceptors (Lipinski definition) is 3. The largest absolute Gasteiger partial charge is 0.376 e. The van der Waals surface area contributed by atoms with Crippen molar-refractivity contribution < 1.29 is 9.53 Å². The van der Waals surface area contributed by atoms with Crippen LogP contribution in [-0.2, 0) is 9.53 Å². The molecular weight excluding hydrogens is 204 g/mol. The predicted molar refractivity (Wildman–Crippen MR) is 62.2 cm³/mol. The molecule has 2 saturated carbocycles. The Morgan fingerprint density at radius 2 is 2.19 bits per heavy atom. The lowest BCUT2D eigenvalue weighted by molar-refractivity contribution is -0.124. The highest BCUT2D eigenvalue weighted by Gasteiger charge is 2.37. The topological polar surface area (TPSA) is 50.4 Å². The Kier molecular flexibility index (Phi) is 3.82. The molecule has 0 spiro atoms. The van der Waals surface area contributed by atoms with Crippen LogP contribution in [0.5, 0.6) is 0 Å². The molecule has 0 unspecified atom stereocenters. The van der Waals surface area contributed by atoms with Gasteiger partial charge in [-0.1, -0.05) is 0 Å². The molecular formula is C12H22N2O2. The van der Waals surface area contributed by atoms with E-state index >= 15 is 0 Å². The molecule has 2 N–H and O–H groups in total. The highest BCUT2D eigenvalue weighted by molar-refractivity contribution is 5.78. The lowest BCUT2D eigenvalue weighted by Crippen LogP contribution is -2.50. The second-order valence-corrected chi connectivity index (χ2v) is 5.09. The molecule has 0 radical (unpaired) electrons. The van der Waals surface area contributed by atoms with E-state index in [-0.39, 0.29) is 11.5 Å². The molecule has 92 valence electrons. The molecule has 2 aliphatic rings. The monoisotopic (exact) mass is 226 g/mol. The van der Waals surface area contributed by atoms with E-state index in [1.54, 1.807) is 7.11 Å². The van der Waals surface area contributed by atoms with Crippen LogP contribution < -0.4 is 10.6 Å². The molecule has 0 saturated heterocycles. The van der Waals surface area contributed by atoms with Gasteiger partial charge in [-0.05, 0) is 44.6 Å². The van der Waals surface area contributed by atoms with Gasteiger partial charge >= 0.3 is 0 Å². The van der Waals surface area contributed by atoms with Crippen molar-refractivity contribution in [2.75, 3.05) is 26.7 Å². The Labute approximate surface area is 97.1 Å². The molecule has 16 heavy (non-hydrogen) atoms. The number of ether oxygens (including phenoxy) is 1. The average molecular weight is 226 g/mol. The predicted octanol–water partition coefficient (Wildman–Crippen LogP) is 0.671. The minimum absolute atomic E-state index is 0.0633. The zero-order chi connectivity index (χ0) is 11.4. The van der Waals surface area contributed by atoms with Crippen LogP contribution in [0.4, 0.5) is 0 Å².